The Kier molecular flexibility index (Phi) is 4.94. The molecule has 5 heterocycles. The van der Waals surface area contributed by atoms with Crippen molar-refractivity contribution in [3.8, 4) is 0 Å². The minimum atomic E-state index is 0.570. The molecular formula is C32H18BrClN8. The number of rotatable bonds is 0. The van der Waals surface area contributed by atoms with Crippen molar-refractivity contribution >= 4 is 93.9 Å². The highest BCUT2D eigenvalue weighted by Gasteiger charge is 2.18. The fourth-order valence-corrected chi connectivity index (χ4v) is 6.59. The van der Waals surface area contributed by atoms with Gasteiger partial charge < -0.3 is 19.9 Å². The molecule has 0 aliphatic carbocycles. The third kappa shape index (κ3) is 3.41. The number of nitrogens with zero attached hydrogens (tertiary/aromatic N) is 4. The molecule has 8 nitrogen and oxygen atoms in total. The topological polar surface area (TPSA) is 113 Å². The lowest BCUT2D eigenvalue weighted by Crippen LogP contribution is -2.10. The summed E-state index contributed by atoms with van der Waals surface area (Å²) in [6.45, 7) is 0. The van der Waals surface area contributed by atoms with Gasteiger partial charge in [0.05, 0.1) is 5.02 Å². The van der Waals surface area contributed by atoms with Gasteiger partial charge in [0.25, 0.3) is 0 Å². The minimum absolute atomic E-state index is 0.570. The summed E-state index contributed by atoms with van der Waals surface area (Å²) in [6, 6.07) is 28.0. The van der Waals surface area contributed by atoms with Crippen molar-refractivity contribution in [3.05, 3.63) is 116 Å². The van der Waals surface area contributed by atoms with E-state index >= 15 is 0 Å². The smallest absolute Gasteiger partial charge is 0.143 e. The van der Waals surface area contributed by atoms with E-state index in [9.17, 15) is 0 Å². The zero-order valence-electron chi connectivity index (χ0n) is 21.6. The molecule has 0 atom stereocenters. The Bertz CT molecular complexity index is 2490. The summed E-state index contributed by atoms with van der Waals surface area (Å²) in [4.78, 5) is 34.2. The molecular weight excluding hydrogens is 612 g/mol. The van der Waals surface area contributed by atoms with Crippen LogP contribution in [0.4, 0.5) is 23.3 Å². The number of aromatic nitrogens is 4. The molecule has 8 aromatic rings. The van der Waals surface area contributed by atoms with Crippen LogP contribution in [0.1, 0.15) is 0 Å². The Balaban J connectivity index is 1.53. The van der Waals surface area contributed by atoms with Crippen LogP contribution in [0, 0.1) is 0 Å². The first-order valence-electron chi connectivity index (χ1n) is 13.3. The van der Waals surface area contributed by atoms with Crippen molar-refractivity contribution in [3.63, 3.8) is 0 Å². The van der Waals surface area contributed by atoms with Crippen LogP contribution in [-0.4, -0.2) is 19.9 Å². The molecule has 0 saturated heterocycles. The summed E-state index contributed by atoms with van der Waals surface area (Å²) in [6.07, 6.45) is 0. The Hall–Kier alpha value is -4.99. The predicted octanol–water partition coefficient (Wildman–Crippen LogP) is 7.15. The first kappa shape index (κ1) is 23.7. The second kappa shape index (κ2) is 8.75. The zero-order chi connectivity index (χ0) is 27.9. The van der Waals surface area contributed by atoms with E-state index in [0.29, 0.717) is 50.2 Å². The normalized spacial score (nSPS) is 12.8. The molecule has 1 aliphatic rings. The Morgan fingerprint density at radius 3 is 1.29 bits per heavy atom. The molecule has 0 unspecified atom stereocenters. The maximum absolute atomic E-state index is 6.80. The van der Waals surface area contributed by atoms with Gasteiger partial charge in [0.1, 0.15) is 45.2 Å². The number of hydrogen-bond donors (Lipinski definition) is 4. The average molecular weight is 630 g/mol. The quantitative estimate of drug-likeness (QED) is 0.137. The predicted molar refractivity (Wildman–Crippen MR) is 169 cm³/mol. The van der Waals surface area contributed by atoms with Crippen LogP contribution >= 0.6 is 27.5 Å². The highest BCUT2D eigenvalue weighted by atomic mass is 79.9. The van der Waals surface area contributed by atoms with Crippen LogP contribution in [0.2, 0.25) is 5.02 Å². The summed E-state index contributed by atoms with van der Waals surface area (Å²) < 4.78 is 0.856. The van der Waals surface area contributed by atoms with Crippen molar-refractivity contribution in [1.29, 1.82) is 0 Å². The average Bonchev–Trinajstić information content (AvgIpc) is 3.75. The van der Waals surface area contributed by atoms with Gasteiger partial charge in [-0.2, -0.15) is 0 Å². The van der Waals surface area contributed by atoms with Gasteiger partial charge in [0.2, 0.25) is 0 Å². The van der Waals surface area contributed by atoms with Crippen molar-refractivity contribution in [2.24, 2.45) is 20.0 Å². The fraction of sp³-hybridized carbons (Fsp3) is 0. The van der Waals surface area contributed by atoms with Crippen molar-refractivity contribution in [2.45, 2.75) is 0 Å². The van der Waals surface area contributed by atoms with Crippen LogP contribution in [0.25, 0.3) is 43.1 Å². The number of hydrogen-bond acceptors (Lipinski definition) is 4. The summed E-state index contributed by atoms with van der Waals surface area (Å²) in [5.74, 6) is 2.62. The molecule has 0 fully saturated rings. The van der Waals surface area contributed by atoms with E-state index in [1.165, 1.54) is 0 Å². The highest BCUT2D eigenvalue weighted by Crippen LogP contribution is 2.42. The molecule has 0 spiro atoms. The Morgan fingerprint density at radius 1 is 0.429 bits per heavy atom. The van der Waals surface area contributed by atoms with Gasteiger partial charge in [-0.25, -0.2) is 20.0 Å². The van der Waals surface area contributed by atoms with E-state index in [4.69, 9.17) is 31.6 Å². The van der Waals surface area contributed by atoms with E-state index in [1.807, 2.05) is 78.9 Å². The summed E-state index contributed by atoms with van der Waals surface area (Å²) in [5.41, 5.74) is 2.72. The van der Waals surface area contributed by atoms with E-state index in [0.717, 1.165) is 47.6 Å². The maximum atomic E-state index is 6.80. The summed E-state index contributed by atoms with van der Waals surface area (Å²) in [5, 5.41) is 7.90. The second-order valence-corrected chi connectivity index (χ2v) is 11.4. The molecule has 9 rings (SSSR count). The van der Waals surface area contributed by atoms with Gasteiger partial charge in [-0.15, -0.1) is 0 Å². The highest BCUT2D eigenvalue weighted by molar-refractivity contribution is 9.10. The molecule has 8 bridgehead atoms. The van der Waals surface area contributed by atoms with E-state index < -0.39 is 0 Å². The van der Waals surface area contributed by atoms with Crippen LogP contribution in [-0.2, 0) is 0 Å². The van der Waals surface area contributed by atoms with Crippen molar-refractivity contribution in [2.75, 3.05) is 0 Å². The van der Waals surface area contributed by atoms with Crippen molar-refractivity contribution in [1.82, 2.24) is 19.9 Å². The number of H-pyrrole nitrogens is 4. The van der Waals surface area contributed by atoms with Gasteiger partial charge in [-0.3, -0.25) is 0 Å². The van der Waals surface area contributed by atoms with Gasteiger partial charge in [-0.05, 0) is 12.1 Å². The molecule has 4 N–H and O–H groups in total. The SMILES string of the molecule is Clc1ccc(Br)c2c3[nH]c(c12)N=c1[nH]c(c2ccccc12)=Nc1[nH]c(c2ccccc12)N=c1[nH]c(c2ccccc12)=N3. The van der Waals surface area contributed by atoms with Crippen molar-refractivity contribution < 1.29 is 0 Å². The molecule has 4 aromatic carbocycles. The molecule has 200 valence electrons. The standard InChI is InChI=1S/C32H18BrClN8/c33-21-13-14-22(34)24-23(21)31-40-29-19-11-5-3-9-17(19)27(38-29)36-25-15-7-1-2-8-16(15)26(35-25)37-28-18-10-4-6-12-20(18)30(39-28)41-32(24)42-31/h1-14H,(H4,35,36,37,38,39,40,41,42). The number of fused-ring (bicyclic) bond motifs is 20. The van der Waals surface area contributed by atoms with Gasteiger partial charge in [0, 0.05) is 47.6 Å². The third-order valence-electron chi connectivity index (χ3n) is 7.73. The molecule has 0 amide bonds. The molecule has 10 heteroatoms. The van der Waals surface area contributed by atoms with E-state index in [1.54, 1.807) is 0 Å². The van der Waals surface area contributed by atoms with Crippen LogP contribution < -0.4 is 22.0 Å². The first-order chi connectivity index (χ1) is 20.6. The van der Waals surface area contributed by atoms with Gasteiger partial charge in [-0.1, -0.05) is 100 Å². The van der Waals surface area contributed by atoms with E-state index in [-0.39, 0.29) is 0 Å². The molecule has 0 saturated carbocycles. The molecule has 42 heavy (non-hydrogen) atoms. The lowest BCUT2D eigenvalue weighted by molar-refractivity contribution is 1.08. The fourth-order valence-electron chi connectivity index (χ4n) is 5.82. The monoisotopic (exact) mass is 628 g/mol. The zero-order valence-corrected chi connectivity index (χ0v) is 24.0. The number of benzene rings is 4. The lowest BCUT2D eigenvalue weighted by Gasteiger charge is -1.98. The van der Waals surface area contributed by atoms with Gasteiger partial charge >= 0.3 is 0 Å². The summed E-state index contributed by atoms with van der Waals surface area (Å²) in [7, 11) is 0. The Labute approximate surface area is 249 Å². The Morgan fingerprint density at radius 2 is 0.810 bits per heavy atom. The molecule has 0 radical (unpaired) electrons. The lowest BCUT2D eigenvalue weighted by atomic mass is 10.2. The largest absolute Gasteiger partial charge is 0.324 e. The minimum Gasteiger partial charge on any atom is -0.324 e. The number of aromatic amines is 4. The number of halogens is 2. The molecule has 4 aromatic heterocycles. The van der Waals surface area contributed by atoms with Gasteiger partial charge in [0.15, 0.2) is 0 Å². The third-order valence-corrected chi connectivity index (χ3v) is 8.71. The summed E-state index contributed by atoms with van der Waals surface area (Å²) >= 11 is 10.5. The van der Waals surface area contributed by atoms with Crippen LogP contribution in [0.15, 0.2) is 109 Å². The number of nitrogens with one attached hydrogen (secondary N) is 4. The molecule has 1 aliphatic heterocycles. The second-order valence-electron chi connectivity index (χ2n) is 10.2. The van der Waals surface area contributed by atoms with Crippen LogP contribution in [0.5, 0.6) is 0 Å². The maximum Gasteiger partial charge on any atom is 0.143 e. The van der Waals surface area contributed by atoms with Crippen LogP contribution in [0.3, 0.4) is 0 Å². The van der Waals surface area contributed by atoms with E-state index in [2.05, 4.69) is 41.9 Å². The first-order valence-corrected chi connectivity index (χ1v) is 14.5.